The average molecular weight is 352 g/mol. The van der Waals surface area contributed by atoms with E-state index < -0.39 is 5.66 Å². The van der Waals surface area contributed by atoms with Crippen molar-refractivity contribution >= 4 is 28.5 Å². The number of amidine groups is 1. The van der Waals surface area contributed by atoms with Crippen molar-refractivity contribution in [3.8, 4) is 0 Å². The topological polar surface area (TPSA) is 62.4 Å². The number of hydrogen-bond acceptors (Lipinski definition) is 4. The van der Waals surface area contributed by atoms with Gasteiger partial charge in [-0.15, -0.1) is 11.3 Å². The van der Waals surface area contributed by atoms with Crippen LogP contribution in [0.2, 0.25) is 0 Å². The fraction of sp³-hybridized carbons (Fsp3) is 0.105. The fourth-order valence-corrected chi connectivity index (χ4v) is 3.47. The molecule has 1 aliphatic heterocycles. The third-order valence-electron chi connectivity index (χ3n) is 4.16. The lowest BCUT2D eigenvalue weighted by Crippen LogP contribution is -2.56. The second-order valence-electron chi connectivity index (χ2n) is 5.85. The zero-order valence-corrected chi connectivity index (χ0v) is 14.2. The minimum Gasteiger partial charge on any atom is -0.356 e. The predicted molar refractivity (Wildman–Crippen MR) is 101 cm³/mol. The van der Waals surface area contributed by atoms with E-state index in [4.69, 9.17) is 10.7 Å². The minimum absolute atomic E-state index is 0.298. The van der Waals surface area contributed by atoms with Gasteiger partial charge in [-0.25, -0.2) is 4.39 Å². The van der Waals surface area contributed by atoms with Crippen molar-refractivity contribution in [2.45, 2.75) is 12.2 Å². The van der Waals surface area contributed by atoms with Crippen LogP contribution in [0.3, 0.4) is 0 Å². The van der Waals surface area contributed by atoms with Crippen LogP contribution >= 0.6 is 11.3 Å². The number of para-hydroxylation sites is 2. The predicted octanol–water partition coefficient (Wildman–Crippen LogP) is 4.14. The zero-order chi connectivity index (χ0) is 17.3. The smallest absolute Gasteiger partial charge is 0.172 e. The van der Waals surface area contributed by atoms with Gasteiger partial charge in [-0.1, -0.05) is 30.3 Å². The van der Waals surface area contributed by atoms with Gasteiger partial charge in [-0.05, 0) is 41.3 Å². The van der Waals surface area contributed by atoms with Crippen molar-refractivity contribution in [2.75, 3.05) is 10.6 Å². The van der Waals surface area contributed by atoms with Gasteiger partial charge < -0.3 is 10.6 Å². The summed E-state index contributed by atoms with van der Waals surface area (Å²) >= 11 is 1.65. The van der Waals surface area contributed by atoms with Gasteiger partial charge in [-0.3, -0.25) is 10.7 Å². The number of aliphatic imine (C=N–C) groups is 1. The first-order chi connectivity index (χ1) is 12.1. The van der Waals surface area contributed by atoms with Gasteiger partial charge >= 0.3 is 0 Å². The molecule has 0 saturated carbocycles. The molecule has 0 aliphatic carbocycles. The molecule has 1 unspecified atom stereocenters. The molecule has 0 bridgehead atoms. The molecule has 25 heavy (non-hydrogen) atoms. The average Bonchev–Trinajstić information content (AvgIpc) is 3.14. The van der Waals surface area contributed by atoms with Crippen LogP contribution in [-0.2, 0) is 12.2 Å². The lowest BCUT2D eigenvalue weighted by Gasteiger charge is -2.38. The second kappa shape index (κ2) is 6.31. The molecule has 0 fully saturated rings. The maximum absolute atomic E-state index is 13.3. The molecule has 0 spiro atoms. The number of nitrogens with one attached hydrogen (secondary N) is 2. The van der Waals surface area contributed by atoms with Gasteiger partial charge in [0.25, 0.3) is 0 Å². The van der Waals surface area contributed by atoms with Gasteiger partial charge in [0, 0.05) is 4.88 Å². The lowest BCUT2D eigenvalue weighted by atomic mass is 9.95. The highest BCUT2D eigenvalue weighted by Gasteiger charge is 2.38. The van der Waals surface area contributed by atoms with Crippen LogP contribution in [0.25, 0.3) is 0 Å². The summed E-state index contributed by atoms with van der Waals surface area (Å²) in [7, 11) is 0. The SMILES string of the molecule is NC1(c2ccc(F)cc2)Nc2ccccc2NC1=NCc1cccs1. The molecule has 1 atom stereocenters. The van der Waals surface area contributed by atoms with Gasteiger partial charge in [0.1, 0.15) is 11.7 Å². The molecule has 4 rings (SSSR count). The summed E-state index contributed by atoms with van der Waals surface area (Å²) in [5.74, 6) is 0.305. The molecule has 0 saturated heterocycles. The molecular formula is C19H17FN4S. The Hall–Kier alpha value is -2.70. The third kappa shape index (κ3) is 3.01. The van der Waals surface area contributed by atoms with Crippen molar-refractivity contribution in [3.63, 3.8) is 0 Å². The highest BCUT2D eigenvalue weighted by molar-refractivity contribution is 7.09. The molecule has 2 aromatic carbocycles. The summed E-state index contributed by atoms with van der Waals surface area (Å²) in [6.45, 7) is 0.532. The molecule has 126 valence electrons. The van der Waals surface area contributed by atoms with E-state index in [1.165, 1.54) is 12.1 Å². The van der Waals surface area contributed by atoms with Crippen LogP contribution in [0, 0.1) is 5.82 Å². The van der Waals surface area contributed by atoms with Gasteiger partial charge in [0.2, 0.25) is 0 Å². The van der Waals surface area contributed by atoms with Crippen LogP contribution in [-0.4, -0.2) is 5.84 Å². The van der Waals surface area contributed by atoms with Gasteiger partial charge in [0.05, 0.1) is 17.9 Å². The van der Waals surface area contributed by atoms with E-state index in [-0.39, 0.29) is 5.82 Å². The Balaban J connectivity index is 1.77. The van der Waals surface area contributed by atoms with Crippen molar-refractivity contribution < 1.29 is 4.39 Å². The Kier molecular flexibility index (Phi) is 3.99. The number of nitrogens with zero attached hydrogens (tertiary/aromatic N) is 1. The lowest BCUT2D eigenvalue weighted by molar-refractivity contribution is 0.621. The first-order valence-corrected chi connectivity index (χ1v) is 8.79. The fourth-order valence-electron chi connectivity index (χ4n) is 2.84. The molecule has 4 nitrogen and oxygen atoms in total. The van der Waals surface area contributed by atoms with Crippen molar-refractivity contribution in [3.05, 3.63) is 82.3 Å². The zero-order valence-electron chi connectivity index (χ0n) is 13.4. The quantitative estimate of drug-likeness (QED) is 0.664. The standard InChI is InChI=1S/C19H17FN4S/c20-14-9-7-13(8-10-14)19(21)18(22-12-15-4-3-11-25-15)23-16-5-1-2-6-17(16)24-19/h1-11,24H,12,21H2,(H,22,23). The molecule has 1 aliphatic rings. The Bertz CT molecular complexity index is 905. The number of nitrogens with two attached hydrogens (primary N) is 1. The molecule has 6 heteroatoms. The molecular weight excluding hydrogens is 335 g/mol. The summed E-state index contributed by atoms with van der Waals surface area (Å²) in [6.07, 6.45) is 0. The van der Waals surface area contributed by atoms with Crippen LogP contribution in [0.15, 0.2) is 71.0 Å². The largest absolute Gasteiger partial charge is 0.356 e. The van der Waals surface area contributed by atoms with E-state index in [2.05, 4.69) is 10.6 Å². The van der Waals surface area contributed by atoms with Crippen LogP contribution in [0.4, 0.5) is 15.8 Å². The Morgan fingerprint density at radius 2 is 1.76 bits per heavy atom. The van der Waals surface area contributed by atoms with Crippen molar-refractivity contribution in [2.24, 2.45) is 10.7 Å². The van der Waals surface area contributed by atoms with Crippen molar-refractivity contribution in [1.29, 1.82) is 0 Å². The van der Waals surface area contributed by atoms with E-state index in [1.807, 2.05) is 41.8 Å². The summed E-state index contributed by atoms with van der Waals surface area (Å²) in [6, 6.07) is 18.0. The summed E-state index contributed by atoms with van der Waals surface area (Å²) < 4.78 is 13.3. The Labute approximate surface area is 149 Å². The van der Waals surface area contributed by atoms with E-state index in [1.54, 1.807) is 23.5 Å². The number of benzene rings is 2. The molecule has 1 aromatic heterocycles. The monoisotopic (exact) mass is 352 g/mol. The van der Waals surface area contributed by atoms with Crippen LogP contribution < -0.4 is 16.4 Å². The second-order valence-corrected chi connectivity index (χ2v) is 6.89. The van der Waals surface area contributed by atoms with E-state index in [9.17, 15) is 4.39 Å². The number of hydrogen-bond donors (Lipinski definition) is 3. The Morgan fingerprint density at radius 3 is 2.48 bits per heavy atom. The van der Waals surface area contributed by atoms with Crippen LogP contribution in [0.5, 0.6) is 0 Å². The van der Waals surface area contributed by atoms with Gasteiger partial charge in [0.15, 0.2) is 5.66 Å². The highest BCUT2D eigenvalue weighted by atomic mass is 32.1. The van der Waals surface area contributed by atoms with Crippen molar-refractivity contribution in [1.82, 2.24) is 0 Å². The summed E-state index contributed by atoms with van der Waals surface area (Å²) in [5, 5.41) is 8.71. The molecule has 0 amide bonds. The molecule has 3 aromatic rings. The number of halogens is 1. The first kappa shape index (κ1) is 15.8. The van der Waals surface area contributed by atoms with Gasteiger partial charge in [-0.2, -0.15) is 0 Å². The van der Waals surface area contributed by atoms with E-state index in [0.717, 1.165) is 21.8 Å². The Morgan fingerprint density at radius 1 is 1.00 bits per heavy atom. The molecule has 2 heterocycles. The maximum Gasteiger partial charge on any atom is 0.172 e. The third-order valence-corrected chi connectivity index (χ3v) is 5.02. The minimum atomic E-state index is -1.06. The summed E-state index contributed by atoms with van der Waals surface area (Å²) in [5.41, 5.74) is 8.18. The molecule has 4 N–H and O–H groups in total. The van der Waals surface area contributed by atoms with E-state index in [0.29, 0.717) is 12.4 Å². The number of fused-ring (bicyclic) bond motifs is 1. The number of rotatable bonds is 3. The maximum atomic E-state index is 13.3. The first-order valence-electron chi connectivity index (χ1n) is 7.91. The normalized spacial score (nSPS) is 20.6. The number of anilines is 2. The van der Waals surface area contributed by atoms with E-state index >= 15 is 0 Å². The number of thiophene rings is 1. The summed E-state index contributed by atoms with van der Waals surface area (Å²) in [4.78, 5) is 5.86. The molecule has 0 radical (unpaired) electrons. The highest BCUT2D eigenvalue weighted by Crippen LogP contribution is 2.34. The van der Waals surface area contributed by atoms with Crippen LogP contribution in [0.1, 0.15) is 10.4 Å².